The molecule has 4 rings (SSSR count). The SMILES string of the molecule is COC(c1ccccc1)c1cn(C)c(=O)c2cn(C(=O)Oc3ccc([N+](=O)[O-])cc3)cc12. The highest BCUT2D eigenvalue weighted by atomic mass is 16.6. The van der Waals surface area contributed by atoms with Crippen LogP contribution in [0.2, 0.25) is 0 Å². The number of methoxy groups -OCH3 is 1. The molecule has 32 heavy (non-hydrogen) atoms. The van der Waals surface area contributed by atoms with E-state index in [4.69, 9.17) is 9.47 Å². The summed E-state index contributed by atoms with van der Waals surface area (Å²) in [6.45, 7) is 0. The van der Waals surface area contributed by atoms with Gasteiger partial charge in [0.2, 0.25) is 0 Å². The lowest BCUT2D eigenvalue weighted by Crippen LogP contribution is -2.18. The summed E-state index contributed by atoms with van der Waals surface area (Å²) in [5.74, 6) is 0.144. The molecule has 9 nitrogen and oxygen atoms in total. The minimum Gasteiger partial charge on any atom is -0.410 e. The predicted octanol–water partition coefficient (Wildman–Crippen LogP) is 4.03. The summed E-state index contributed by atoms with van der Waals surface area (Å²) in [6, 6.07) is 14.7. The van der Waals surface area contributed by atoms with Gasteiger partial charge in [-0.3, -0.25) is 19.5 Å². The van der Waals surface area contributed by atoms with Crippen LogP contribution in [0.5, 0.6) is 5.75 Å². The molecule has 0 N–H and O–H groups in total. The van der Waals surface area contributed by atoms with E-state index in [0.717, 1.165) is 11.1 Å². The number of fused-ring (bicyclic) bond motifs is 1. The van der Waals surface area contributed by atoms with Crippen LogP contribution in [0.25, 0.3) is 10.8 Å². The lowest BCUT2D eigenvalue weighted by atomic mass is 10.00. The Labute approximate surface area is 182 Å². The van der Waals surface area contributed by atoms with E-state index in [1.54, 1.807) is 20.4 Å². The van der Waals surface area contributed by atoms with Crippen molar-refractivity contribution in [2.24, 2.45) is 7.05 Å². The van der Waals surface area contributed by atoms with Gasteiger partial charge in [0, 0.05) is 55.8 Å². The molecule has 2 aromatic heterocycles. The highest BCUT2D eigenvalue weighted by molar-refractivity contribution is 5.89. The Hall–Kier alpha value is -4.24. The summed E-state index contributed by atoms with van der Waals surface area (Å²) in [7, 11) is 3.21. The first-order valence-electron chi connectivity index (χ1n) is 9.64. The zero-order valence-electron chi connectivity index (χ0n) is 17.3. The first-order valence-corrected chi connectivity index (χ1v) is 9.64. The maximum absolute atomic E-state index is 12.7. The van der Waals surface area contributed by atoms with Crippen LogP contribution in [0.15, 0.2) is 78.0 Å². The molecule has 2 heterocycles. The van der Waals surface area contributed by atoms with Gasteiger partial charge in [-0.05, 0) is 17.7 Å². The van der Waals surface area contributed by atoms with E-state index in [0.29, 0.717) is 10.8 Å². The zero-order valence-corrected chi connectivity index (χ0v) is 17.3. The molecule has 0 fully saturated rings. The molecular formula is C23H19N3O6. The number of carbonyl (C=O) groups excluding carboxylic acids is 1. The number of aromatic nitrogens is 2. The standard InChI is InChI=1S/C23H19N3O6/c1-24-12-19(21(31-2)15-6-4-3-5-7-15)18-13-25(14-20(18)22(24)27)23(28)32-17-10-8-16(9-11-17)26(29)30/h3-14,21H,1-2H3. The summed E-state index contributed by atoms with van der Waals surface area (Å²) in [4.78, 5) is 35.6. The van der Waals surface area contributed by atoms with Gasteiger partial charge in [-0.25, -0.2) is 4.79 Å². The molecule has 0 bridgehead atoms. The van der Waals surface area contributed by atoms with E-state index in [2.05, 4.69) is 0 Å². The third-order valence-corrected chi connectivity index (χ3v) is 5.11. The van der Waals surface area contributed by atoms with Crippen molar-refractivity contribution in [3.8, 4) is 5.75 Å². The van der Waals surface area contributed by atoms with Crippen molar-refractivity contribution < 1.29 is 19.2 Å². The molecule has 1 unspecified atom stereocenters. The van der Waals surface area contributed by atoms with Crippen LogP contribution in [-0.2, 0) is 11.8 Å². The monoisotopic (exact) mass is 433 g/mol. The number of rotatable bonds is 5. The minimum absolute atomic E-state index is 0.115. The third-order valence-electron chi connectivity index (χ3n) is 5.11. The van der Waals surface area contributed by atoms with E-state index >= 15 is 0 Å². The molecule has 0 aliphatic carbocycles. The topological polar surface area (TPSA) is 106 Å². The summed E-state index contributed by atoms with van der Waals surface area (Å²) < 4.78 is 13.7. The zero-order chi connectivity index (χ0) is 22.8. The molecule has 9 heteroatoms. The van der Waals surface area contributed by atoms with E-state index in [1.807, 2.05) is 30.3 Å². The predicted molar refractivity (Wildman–Crippen MR) is 117 cm³/mol. The second-order valence-corrected chi connectivity index (χ2v) is 7.14. The maximum Gasteiger partial charge on any atom is 0.423 e. The normalized spacial score (nSPS) is 11.9. The Balaban J connectivity index is 1.74. The first kappa shape index (κ1) is 21.0. The number of hydrogen-bond acceptors (Lipinski definition) is 6. The second kappa shape index (κ2) is 8.48. The van der Waals surface area contributed by atoms with Crippen LogP contribution < -0.4 is 10.3 Å². The van der Waals surface area contributed by atoms with E-state index < -0.39 is 17.1 Å². The van der Waals surface area contributed by atoms with Crippen molar-refractivity contribution in [1.82, 2.24) is 9.13 Å². The molecule has 2 aromatic carbocycles. The molecule has 0 radical (unpaired) electrons. The van der Waals surface area contributed by atoms with Gasteiger partial charge < -0.3 is 14.0 Å². The van der Waals surface area contributed by atoms with Crippen molar-refractivity contribution in [3.63, 3.8) is 0 Å². The Morgan fingerprint density at radius 3 is 2.28 bits per heavy atom. The number of nitro benzene ring substituents is 1. The number of nitro groups is 1. The van der Waals surface area contributed by atoms with E-state index in [1.165, 1.54) is 45.8 Å². The summed E-state index contributed by atoms with van der Waals surface area (Å²) in [6.07, 6.45) is 3.42. The summed E-state index contributed by atoms with van der Waals surface area (Å²) >= 11 is 0. The molecule has 0 saturated carbocycles. The average Bonchev–Trinajstić information content (AvgIpc) is 3.25. The number of benzene rings is 2. The fourth-order valence-electron chi connectivity index (χ4n) is 3.56. The van der Waals surface area contributed by atoms with Crippen molar-refractivity contribution in [3.05, 3.63) is 105 Å². The fourth-order valence-corrected chi connectivity index (χ4v) is 3.56. The van der Waals surface area contributed by atoms with Crippen LogP contribution in [0.3, 0.4) is 0 Å². The molecule has 0 aliphatic heterocycles. The quantitative estimate of drug-likeness (QED) is 0.348. The number of ether oxygens (including phenoxy) is 2. The van der Waals surface area contributed by atoms with Gasteiger partial charge in [0.25, 0.3) is 11.2 Å². The van der Waals surface area contributed by atoms with Gasteiger partial charge in [0.15, 0.2) is 0 Å². The van der Waals surface area contributed by atoms with Crippen molar-refractivity contribution in [1.29, 1.82) is 0 Å². The van der Waals surface area contributed by atoms with Crippen LogP contribution >= 0.6 is 0 Å². The Morgan fingerprint density at radius 1 is 1.00 bits per heavy atom. The van der Waals surface area contributed by atoms with Crippen molar-refractivity contribution >= 4 is 22.6 Å². The van der Waals surface area contributed by atoms with Crippen LogP contribution in [0, 0.1) is 10.1 Å². The maximum atomic E-state index is 12.7. The van der Waals surface area contributed by atoms with Gasteiger partial charge in [0.1, 0.15) is 11.9 Å². The lowest BCUT2D eigenvalue weighted by molar-refractivity contribution is -0.384. The first-order chi connectivity index (χ1) is 15.4. The summed E-state index contributed by atoms with van der Waals surface area (Å²) in [5, 5.41) is 11.7. The fraction of sp³-hybridized carbons (Fsp3) is 0.130. The number of carbonyl (C=O) groups is 1. The number of non-ortho nitro benzene ring substituents is 1. The van der Waals surface area contributed by atoms with Gasteiger partial charge in [-0.1, -0.05) is 30.3 Å². The lowest BCUT2D eigenvalue weighted by Gasteiger charge is -2.18. The highest BCUT2D eigenvalue weighted by Crippen LogP contribution is 2.30. The van der Waals surface area contributed by atoms with Gasteiger partial charge in [-0.2, -0.15) is 0 Å². The highest BCUT2D eigenvalue weighted by Gasteiger charge is 2.21. The molecule has 0 saturated heterocycles. The molecule has 0 spiro atoms. The van der Waals surface area contributed by atoms with E-state index in [-0.39, 0.29) is 17.0 Å². The molecule has 162 valence electrons. The summed E-state index contributed by atoms with van der Waals surface area (Å²) in [5.41, 5.74) is 1.23. The van der Waals surface area contributed by atoms with Crippen LogP contribution in [-0.4, -0.2) is 27.3 Å². The number of pyridine rings is 1. The molecule has 0 amide bonds. The largest absolute Gasteiger partial charge is 0.423 e. The molecule has 4 aromatic rings. The Morgan fingerprint density at radius 2 is 1.66 bits per heavy atom. The smallest absolute Gasteiger partial charge is 0.410 e. The van der Waals surface area contributed by atoms with Gasteiger partial charge in [-0.15, -0.1) is 0 Å². The second-order valence-electron chi connectivity index (χ2n) is 7.14. The molecule has 1 atom stereocenters. The number of aryl methyl sites for hydroxylation is 1. The van der Waals surface area contributed by atoms with Crippen molar-refractivity contribution in [2.45, 2.75) is 6.10 Å². The Bertz CT molecular complexity index is 1360. The third kappa shape index (κ3) is 3.88. The number of hydrogen-bond donors (Lipinski definition) is 0. The molecular weight excluding hydrogens is 414 g/mol. The van der Waals surface area contributed by atoms with Crippen LogP contribution in [0.1, 0.15) is 17.2 Å². The minimum atomic E-state index is -0.753. The number of nitrogens with zero attached hydrogens (tertiary/aromatic N) is 3. The van der Waals surface area contributed by atoms with Gasteiger partial charge in [0.05, 0.1) is 10.3 Å². The average molecular weight is 433 g/mol. The van der Waals surface area contributed by atoms with Gasteiger partial charge >= 0.3 is 6.09 Å². The Kier molecular flexibility index (Phi) is 5.57. The van der Waals surface area contributed by atoms with Crippen LogP contribution in [0.4, 0.5) is 10.5 Å². The molecule has 0 aliphatic rings. The van der Waals surface area contributed by atoms with E-state index in [9.17, 15) is 19.7 Å². The van der Waals surface area contributed by atoms with Crippen molar-refractivity contribution in [2.75, 3.05) is 7.11 Å².